The maximum Gasteiger partial charge on any atom is 0.496 e. The summed E-state index contributed by atoms with van der Waals surface area (Å²) in [5, 5.41) is 3.17. The molecule has 0 N–H and O–H groups in total. The summed E-state index contributed by atoms with van der Waals surface area (Å²) < 4.78 is 14.6. The second kappa shape index (κ2) is 4.96. The van der Waals surface area contributed by atoms with E-state index in [0.29, 0.717) is 0 Å². The van der Waals surface area contributed by atoms with E-state index in [2.05, 4.69) is 58.0 Å². The predicted molar refractivity (Wildman–Crippen MR) is 100 cm³/mol. The molecule has 0 spiro atoms. The summed E-state index contributed by atoms with van der Waals surface area (Å²) in [6.07, 6.45) is 0. The average molecular weight is 345 g/mol. The van der Waals surface area contributed by atoms with E-state index in [0.717, 1.165) is 15.2 Å². The van der Waals surface area contributed by atoms with Gasteiger partial charge in [-0.25, -0.2) is 0 Å². The van der Waals surface area contributed by atoms with Crippen molar-refractivity contribution >= 4 is 55.7 Å². The van der Waals surface area contributed by atoms with Gasteiger partial charge in [0.2, 0.25) is 0 Å². The van der Waals surface area contributed by atoms with Crippen molar-refractivity contribution in [2.24, 2.45) is 0 Å². The number of benzene rings is 2. The van der Waals surface area contributed by atoms with Gasteiger partial charge in [0, 0.05) is 20.9 Å². The summed E-state index contributed by atoms with van der Waals surface area (Å²) in [7, 11) is -0.429. The molecule has 2 aromatic carbocycles. The Balaban J connectivity index is 1.86. The minimum atomic E-state index is -0.429. The molecule has 2 nitrogen and oxygen atoms in total. The lowest BCUT2D eigenvalue weighted by atomic mass is 9.79. The zero-order valence-electron chi connectivity index (χ0n) is 13.6. The van der Waals surface area contributed by atoms with E-state index in [4.69, 9.17) is 20.9 Å². The van der Waals surface area contributed by atoms with Crippen LogP contribution in [0.15, 0.2) is 36.4 Å². The van der Waals surface area contributed by atoms with Crippen LogP contribution in [0.2, 0.25) is 5.02 Å². The molecule has 23 heavy (non-hydrogen) atoms. The molecule has 0 bridgehead atoms. The van der Waals surface area contributed by atoms with Crippen LogP contribution < -0.4 is 5.46 Å². The van der Waals surface area contributed by atoms with Crippen LogP contribution in [0.3, 0.4) is 0 Å². The molecule has 0 radical (unpaired) electrons. The number of halogens is 1. The first-order valence-corrected chi connectivity index (χ1v) is 8.95. The molecule has 1 aliphatic heterocycles. The van der Waals surface area contributed by atoms with Gasteiger partial charge in [-0.2, -0.15) is 0 Å². The average Bonchev–Trinajstić information content (AvgIpc) is 2.95. The van der Waals surface area contributed by atoms with Gasteiger partial charge in [0.25, 0.3) is 0 Å². The number of fused-ring (bicyclic) bond motifs is 3. The van der Waals surface area contributed by atoms with Crippen molar-refractivity contribution in [1.82, 2.24) is 0 Å². The fourth-order valence-corrected chi connectivity index (χ4v) is 4.44. The van der Waals surface area contributed by atoms with E-state index in [-0.39, 0.29) is 11.2 Å². The predicted octanol–water partition coefficient (Wildman–Crippen LogP) is 5.01. The lowest BCUT2D eigenvalue weighted by Crippen LogP contribution is -2.41. The molecule has 118 valence electrons. The summed E-state index contributed by atoms with van der Waals surface area (Å²) in [6.45, 7) is 8.22. The zero-order chi connectivity index (χ0) is 16.4. The molecular weight excluding hydrogens is 327 g/mol. The van der Waals surface area contributed by atoms with Crippen molar-refractivity contribution in [2.75, 3.05) is 0 Å². The molecule has 0 saturated carbocycles. The minimum absolute atomic E-state index is 0.365. The van der Waals surface area contributed by atoms with Crippen molar-refractivity contribution in [3.8, 4) is 0 Å². The summed E-state index contributed by atoms with van der Waals surface area (Å²) in [5.41, 5.74) is 0.177. The number of rotatable bonds is 1. The minimum Gasteiger partial charge on any atom is -0.399 e. The molecule has 1 aromatic heterocycles. The molecular formula is C18H18BClO2S. The quantitative estimate of drug-likeness (QED) is 0.578. The van der Waals surface area contributed by atoms with E-state index >= 15 is 0 Å². The normalized spacial score (nSPS) is 19.8. The first-order valence-electron chi connectivity index (χ1n) is 7.75. The fraction of sp³-hybridized carbons (Fsp3) is 0.333. The second-order valence-corrected chi connectivity index (χ2v) is 8.46. The first kappa shape index (κ1) is 15.5. The fourth-order valence-electron chi connectivity index (χ4n) is 2.92. The highest BCUT2D eigenvalue weighted by Crippen LogP contribution is 2.40. The lowest BCUT2D eigenvalue weighted by molar-refractivity contribution is 0.00578. The summed E-state index contributed by atoms with van der Waals surface area (Å²) >= 11 is 8.45. The Bertz CT molecular complexity index is 900. The molecule has 3 aromatic rings. The van der Waals surface area contributed by atoms with Crippen molar-refractivity contribution in [3.05, 3.63) is 41.4 Å². The Morgan fingerprint density at radius 2 is 1.57 bits per heavy atom. The van der Waals surface area contributed by atoms with Crippen LogP contribution in [-0.4, -0.2) is 18.3 Å². The Hall–Kier alpha value is -1.07. The summed E-state index contributed by atoms with van der Waals surface area (Å²) in [5.74, 6) is 0. The third kappa shape index (κ3) is 2.24. The van der Waals surface area contributed by atoms with E-state index in [9.17, 15) is 0 Å². The smallest absolute Gasteiger partial charge is 0.399 e. The summed E-state index contributed by atoms with van der Waals surface area (Å²) in [4.78, 5) is 0. The van der Waals surface area contributed by atoms with E-state index < -0.39 is 7.12 Å². The zero-order valence-corrected chi connectivity index (χ0v) is 15.2. The van der Waals surface area contributed by atoms with Crippen molar-refractivity contribution < 1.29 is 9.31 Å². The number of thiophene rings is 1. The molecule has 2 heterocycles. The third-order valence-electron chi connectivity index (χ3n) is 5.02. The largest absolute Gasteiger partial charge is 0.496 e. The monoisotopic (exact) mass is 344 g/mol. The molecule has 1 aliphatic rings. The van der Waals surface area contributed by atoms with Gasteiger partial charge in [-0.05, 0) is 33.8 Å². The van der Waals surface area contributed by atoms with E-state index in [1.54, 1.807) is 11.3 Å². The highest BCUT2D eigenvalue weighted by molar-refractivity contribution is 7.26. The van der Waals surface area contributed by atoms with Gasteiger partial charge >= 0.3 is 7.12 Å². The Kier molecular flexibility index (Phi) is 3.34. The van der Waals surface area contributed by atoms with Gasteiger partial charge in [0.1, 0.15) is 0 Å². The van der Waals surface area contributed by atoms with Crippen LogP contribution in [-0.2, 0) is 9.31 Å². The molecule has 1 fully saturated rings. The van der Waals surface area contributed by atoms with Gasteiger partial charge in [-0.3, -0.25) is 0 Å². The SMILES string of the molecule is CC1(C)OB(c2ccc3c(sc4ccccc43)c2Cl)OC1(C)C. The van der Waals surface area contributed by atoms with Gasteiger partial charge in [-0.15, -0.1) is 11.3 Å². The maximum atomic E-state index is 6.73. The molecule has 0 amide bonds. The van der Waals surface area contributed by atoms with E-state index in [1.165, 1.54) is 15.5 Å². The first-order chi connectivity index (χ1) is 10.8. The standard InChI is InChI=1S/C18H18BClO2S/c1-17(2)18(3,4)22-19(21-17)13-10-9-12-11-7-5-6-8-14(11)23-16(12)15(13)20/h5-10H,1-4H3. The highest BCUT2D eigenvalue weighted by atomic mass is 35.5. The molecule has 1 saturated heterocycles. The molecule has 0 aliphatic carbocycles. The molecule has 5 heteroatoms. The van der Waals surface area contributed by atoms with Gasteiger partial charge < -0.3 is 9.31 Å². The second-order valence-electron chi connectivity index (χ2n) is 7.03. The Labute approximate surface area is 145 Å². The van der Waals surface area contributed by atoms with Crippen LogP contribution in [0.4, 0.5) is 0 Å². The van der Waals surface area contributed by atoms with Crippen LogP contribution in [0.1, 0.15) is 27.7 Å². The maximum absolute atomic E-state index is 6.73. The van der Waals surface area contributed by atoms with Gasteiger partial charge in [0.15, 0.2) is 0 Å². The topological polar surface area (TPSA) is 18.5 Å². The molecule has 4 rings (SSSR count). The molecule has 0 unspecified atom stereocenters. The van der Waals surface area contributed by atoms with Gasteiger partial charge in [-0.1, -0.05) is 41.9 Å². The van der Waals surface area contributed by atoms with Crippen molar-refractivity contribution in [1.29, 1.82) is 0 Å². The van der Waals surface area contributed by atoms with E-state index in [1.807, 2.05) is 6.07 Å². The number of hydrogen-bond donors (Lipinski definition) is 0. The lowest BCUT2D eigenvalue weighted by Gasteiger charge is -2.32. The van der Waals surface area contributed by atoms with Gasteiger partial charge in [0.05, 0.1) is 20.9 Å². The summed E-state index contributed by atoms with van der Waals surface area (Å²) in [6, 6.07) is 12.5. The molecule has 0 atom stereocenters. The van der Waals surface area contributed by atoms with Crippen LogP contribution in [0.5, 0.6) is 0 Å². The van der Waals surface area contributed by atoms with Crippen molar-refractivity contribution in [3.63, 3.8) is 0 Å². The van der Waals surface area contributed by atoms with Crippen LogP contribution in [0, 0.1) is 0 Å². The van der Waals surface area contributed by atoms with Crippen LogP contribution >= 0.6 is 22.9 Å². The Morgan fingerprint density at radius 1 is 0.913 bits per heavy atom. The van der Waals surface area contributed by atoms with Crippen LogP contribution in [0.25, 0.3) is 20.2 Å². The Morgan fingerprint density at radius 3 is 2.26 bits per heavy atom. The third-order valence-corrected chi connectivity index (χ3v) is 6.75. The number of hydrogen-bond acceptors (Lipinski definition) is 3. The highest BCUT2D eigenvalue weighted by Gasteiger charge is 2.52. The van der Waals surface area contributed by atoms with Crippen molar-refractivity contribution in [2.45, 2.75) is 38.9 Å².